The van der Waals surface area contributed by atoms with Gasteiger partial charge in [0.1, 0.15) is 6.61 Å². The van der Waals surface area contributed by atoms with Crippen molar-refractivity contribution >= 4 is 11.9 Å². The molecule has 1 aliphatic heterocycles. The van der Waals surface area contributed by atoms with Gasteiger partial charge in [-0.15, -0.1) is 6.42 Å². The van der Waals surface area contributed by atoms with Crippen molar-refractivity contribution < 1.29 is 9.53 Å². The fourth-order valence-electron chi connectivity index (χ4n) is 5.30. The van der Waals surface area contributed by atoms with E-state index in [0.29, 0.717) is 24.2 Å². The molecule has 1 aromatic heterocycles. The normalized spacial score (nSPS) is 20.2. The predicted molar refractivity (Wildman–Crippen MR) is 119 cm³/mol. The van der Waals surface area contributed by atoms with Crippen molar-refractivity contribution in [1.29, 1.82) is 0 Å². The van der Waals surface area contributed by atoms with E-state index in [1.54, 1.807) is 12.4 Å². The number of amides is 1. The SMILES string of the molecule is C#CCOC1CCC2(CC1)CN(C(=O)c1cnc(NC3Cc4ccccc4C3)nc1)C2. The van der Waals surface area contributed by atoms with E-state index in [9.17, 15) is 4.79 Å². The van der Waals surface area contributed by atoms with Crippen molar-refractivity contribution in [1.82, 2.24) is 14.9 Å². The number of rotatable bonds is 5. The van der Waals surface area contributed by atoms with Crippen LogP contribution in [-0.4, -0.2) is 52.6 Å². The highest BCUT2D eigenvalue weighted by Gasteiger charge is 2.47. The van der Waals surface area contributed by atoms with Gasteiger partial charge in [-0.05, 0) is 49.7 Å². The second-order valence-corrected chi connectivity index (χ2v) is 9.19. The zero-order valence-corrected chi connectivity index (χ0v) is 17.7. The Hall–Kier alpha value is -2.91. The van der Waals surface area contributed by atoms with Crippen LogP contribution in [0.1, 0.15) is 47.2 Å². The number of ether oxygens (including phenoxy) is 1. The molecule has 2 heterocycles. The monoisotopic (exact) mass is 416 g/mol. The zero-order chi connectivity index (χ0) is 21.3. The van der Waals surface area contributed by atoms with E-state index in [2.05, 4.69) is 45.5 Å². The number of nitrogens with one attached hydrogen (secondary N) is 1. The van der Waals surface area contributed by atoms with E-state index < -0.39 is 0 Å². The molecule has 1 N–H and O–H groups in total. The summed E-state index contributed by atoms with van der Waals surface area (Å²) in [5.74, 6) is 3.15. The number of benzene rings is 1. The van der Waals surface area contributed by atoms with Crippen molar-refractivity contribution in [3.8, 4) is 12.3 Å². The van der Waals surface area contributed by atoms with Crippen LogP contribution in [0.25, 0.3) is 0 Å². The first-order valence-corrected chi connectivity index (χ1v) is 11.1. The molecular formula is C25H28N4O2. The highest BCUT2D eigenvalue weighted by molar-refractivity contribution is 5.94. The van der Waals surface area contributed by atoms with Crippen molar-refractivity contribution in [2.45, 2.75) is 50.7 Å². The van der Waals surface area contributed by atoms with Crippen LogP contribution >= 0.6 is 0 Å². The van der Waals surface area contributed by atoms with E-state index in [0.717, 1.165) is 51.6 Å². The molecule has 2 aliphatic carbocycles. The number of carbonyl (C=O) groups is 1. The van der Waals surface area contributed by atoms with Gasteiger partial charge in [-0.25, -0.2) is 9.97 Å². The molecule has 0 radical (unpaired) electrons. The molecule has 1 spiro atoms. The Morgan fingerprint density at radius 1 is 1.16 bits per heavy atom. The van der Waals surface area contributed by atoms with Crippen LogP contribution in [-0.2, 0) is 17.6 Å². The van der Waals surface area contributed by atoms with Gasteiger partial charge in [-0.3, -0.25) is 4.79 Å². The van der Waals surface area contributed by atoms with E-state index in [1.807, 2.05) is 4.90 Å². The molecule has 0 unspecified atom stereocenters. The molecule has 6 nitrogen and oxygen atoms in total. The quantitative estimate of drug-likeness (QED) is 0.759. The van der Waals surface area contributed by atoms with Gasteiger partial charge in [-0.1, -0.05) is 30.2 Å². The summed E-state index contributed by atoms with van der Waals surface area (Å²) >= 11 is 0. The first-order valence-electron chi connectivity index (χ1n) is 11.1. The molecule has 3 aliphatic rings. The molecule has 1 aromatic carbocycles. The third-order valence-corrected chi connectivity index (χ3v) is 7.02. The summed E-state index contributed by atoms with van der Waals surface area (Å²) in [6, 6.07) is 8.81. The number of hydrogen-bond acceptors (Lipinski definition) is 5. The molecule has 31 heavy (non-hydrogen) atoms. The van der Waals surface area contributed by atoms with Gasteiger partial charge < -0.3 is 15.0 Å². The summed E-state index contributed by atoms with van der Waals surface area (Å²) < 4.78 is 5.68. The van der Waals surface area contributed by atoms with Gasteiger partial charge in [0.2, 0.25) is 5.95 Å². The first kappa shape index (κ1) is 20.0. The van der Waals surface area contributed by atoms with Crippen LogP contribution < -0.4 is 5.32 Å². The minimum atomic E-state index is 0.0242. The first-order chi connectivity index (χ1) is 15.1. The smallest absolute Gasteiger partial charge is 0.257 e. The van der Waals surface area contributed by atoms with Gasteiger partial charge in [-0.2, -0.15) is 0 Å². The van der Waals surface area contributed by atoms with Crippen molar-refractivity contribution in [3.63, 3.8) is 0 Å². The van der Waals surface area contributed by atoms with E-state index in [1.165, 1.54) is 11.1 Å². The Morgan fingerprint density at radius 2 is 1.81 bits per heavy atom. The number of likely N-dealkylation sites (tertiary alicyclic amines) is 1. The standard InChI is InChI=1S/C25H28N4O2/c1-2-11-31-22-7-9-25(10-8-22)16-29(17-25)23(30)20-14-26-24(27-15-20)28-21-12-18-5-3-4-6-19(18)13-21/h1,3-6,14-15,21-22H,7-13,16-17H2,(H,26,27,28). The second kappa shape index (κ2) is 8.32. The van der Waals surface area contributed by atoms with Crippen LogP contribution in [0.5, 0.6) is 0 Å². The summed E-state index contributed by atoms with van der Waals surface area (Å²) in [5.41, 5.74) is 3.58. The molecule has 1 saturated heterocycles. The maximum absolute atomic E-state index is 12.8. The Morgan fingerprint density at radius 3 is 2.42 bits per heavy atom. The molecule has 0 atom stereocenters. The van der Waals surface area contributed by atoms with E-state index >= 15 is 0 Å². The van der Waals surface area contributed by atoms with E-state index in [4.69, 9.17) is 11.2 Å². The molecular weight excluding hydrogens is 388 g/mol. The Bertz CT molecular complexity index is 956. The summed E-state index contributed by atoms with van der Waals surface area (Å²) in [5, 5.41) is 3.41. The maximum atomic E-state index is 12.8. The number of hydrogen-bond donors (Lipinski definition) is 1. The lowest BCUT2D eigenvalue weighted by atomic mass is 9.68. The van der Waals surface area contributed by atoms with Gasteiger partial charge in [0.05, 0.1) is 11.7 Å². The van der Waals surface area contributed by atoms with Crippen LogP contribution in [0.3, 0.4) is 0 Å². The molecule has 160 valence electrons. The van der Waals surface area contributed by atoms with Crippen LogP contribution in [0.4, 0.5) is 5.95 Å². The molecule has 0 bridgehead atoms. The highest BCUT2D eigenvalue weighted by Crippen LogP contribution is 2.44. The van der Waals surface area contributed by atoms with Crippen molar-refractivity contribution in [3.05, 3.63) is 53.3 Å². The van der Waals surface area contributed by atoms with Crippen molar-refractivity contribution in [2.75, 3.05) is 25.0 Å². The number of aromatic nitrogens is 2. The third kappa shape index (κ3) is 4.15. The Labute approximate surface area is 183 Å². The maximum Gasteiger partial charge on any atom is 0.257 e. The minimum absolute atomic E-state index is 0.0242. The molecule has 1 amide bonds. The second-order valence-electron chi connectivity index (χ2n) is 9.19. The largest absolute Gasteiger partial charge is 0.366 e. The fraction of sp³-hybridized carbons (Fsp3) is 0.480. The number of fused-ring (bicyclic) bond motifs is 1. The number of carbonyl (C=O) groups excluding carboxylic acids is 1. The molecule has 6 heteroatoms. The molecule has 2 fully saturated rings. The third-order valence-electron chi connectivity index (χ3n) is 7.02. The number of nitrogens with zero attached hydrogens (tertiary/aromatic N) is 3. The lowest BCUT2D eigenvalue weighted by Gasteiger charge is -2.53. The summed E-state index contributed by atoms with van der Waals surface area (Å²) in [4.78, 5) is 23.6. The number of terminal acetylenes is 1. The van der Waals surface area contributed by atoms with Gasteiger partial charge in [0, 0.05) is 36.9 Å². The van der Waals surface area contributed by atoms with E-state index in [-0.39, 0.29) is 17.4 Å². The Kier molecular flexibility index (Phi) is 5.37. The van der Waals surface area contributed by atoms with Crippen molar-refractivity contribution in [2.24, 2.45) is 5.41 Å². The molecule has 2 aromatic rings. The van der Waals surface area contributed by atoms with Crippen LogP contribution in [0, 0.1) is 17.8 Å². The molecule has 1 saturated carbocycles. The lowest BCUT2D eigenvalue weighted by Crippen LogP contribution is -2.59. The topological polar surface area (TPSA) is 67.3 Å². The lowest BCUT2D eigenvalue weighted by molar-refractivity contribution is -0.0534. The van der Waals surface area contributed by atoms with Crippen LogP contribution in [0.15, 0.2) is 36.7 Å². The fourth-order valence-corrected chi connectivity index (χ4v) is 5.30. The minimum Gasteiger partial charge on any atom is -0.366 e. The molecule has 5 rings (SSSR count). The van der Waals surface area contributed by atoms with Gasteiger partial charge >= 0.3 is 0 Å². The summed E-state index contributed by atoms with van der Waals surface area (Å²) in [6.07, 6.45) is 15.0. The Balaban J connectivity index is 1.11. The van der Waals surface area contributed by atoms with Crippen LogP contribution in [0.2, 0.25) is 0 Å². The average molecular weight is 417 g/mol. The summed E-state index contributed by atoms with van der Waals surface area (Å²) in [7, 11) is 0. The predicted octanol–water partition coefficient (Wildman–Crippen LogP) is 3.09. The summed E-state index contributed by atoms with van der Waals surface area (Å²) in [6.45, 7) is 2.02. The van der Waals surface area contributed by atoms with Gasteiger partial charge in [0.15, 0.2) is 0 Å². The zero-order valence-electron chi connectivity index (χ0n) is 17.7. The average Bonchev–Trinajstić information content (AvgIpc) is 3.19. The number of anilines is 1. The van der Waals surface area contributed by atoms with Gasteiger partial charge in [0.25, 0.3) is 5.91 Å². The highest BCUT2D eigenvalue weighted by atomic mass is 16.5.